The molecule has 1 aliphatic carbocycles. The van der Waals surface area contributed by atoms with E-state index < -0.39 is 6.03 Å². The van der Waals surface area contributed by atoms with Crippen molar-refractivity contribution in [2.24, 2.45) is 5.73 Å². The molecule has 0 aromatic rings. The molecule has 0 spiro atoms. The summed E-state index contributed by atoms with van der Waals surface area (Å²) in [5, 5.41) is 2.50. The molecule has 1 radical (unpaired) electrons. The Kier molecular flexibility index (Phi) is 0.889. The third-order valence-corrected chi connectivity index (χ3v) is 0.799. The van der Waals surface area contributed by atoms with Crippen LogP contribution in [-0.4, -0.2) is 12.1 Å². The van der Waals surface area contributed by atoms with Crippen LogP contribution >= 0.6 is 0 Å². The number of nitrogens with two attached hydrogens (primary N) is 1. The number of carbonyl (C=O) groups excluding carboxylic acids is 1. The molecule has 3 heteroatoms. The molecule has 1 saturated carbocycles. The Morgan fingerprint density at radius 3 is 2.71 bits per heavy atom. The van der Waals surface area contributed by atoms with Gasteiger partial charge in [0.1, 0.15) is 0 Å². The summed E-state index contributed by atoms with van der Waals surface area (Å²) >= 11 is 0. The maximum absolute atomic E-state index is 9.94. The van der Waals surface area contributed by atoms with Crippen molar-refractivity contribution < 1.29 is 4.79 Å². The van der Waals surface area contributed by atoms with E-state index in [0.717, 1.165) is 6.42 Å². The molecule has 2 amide bonds. The Bertz CT molecular complexity index is 87.7. The van der Waals surface area contributed by atoms with Crippen molar-refractivity contribution in [3.8, 4) is 0 Å². The van der Waals surface area contributed by atoms with Crippen LogP contribution < -0.4 is 11.1 Å². The van der Waals surface area contributed by atoms with Gasteiger partial charge in [-0.05, 0) is 12.8 Å². The number of primary amides is 1. The van der Waals surface area contributed by atoms with Gasteiger partial charge in [0.05, 0.1) is 0 Å². The molecule has 0 aromatic carbocycles. The van der Waals surface area contributed by atoms with Gasteiger partial charge in [-0.2, -0.15) is 0 Å². The van der Waals surface area contributed by atoms with Crippen molar-refractivity contribution in [2.45, 2.75) is 12.5 Å². The first-order chi connectivity index (χ1) is 3.29. The first kappa shape index (κ1) is 4.43. The van der Waals surface area contributed by atoms with Crippen molar-refractivity contribution in [3.05, 3.63) is 6.42 Å². The molecule has 1 rings (SSSR count). The van der Waals surface area contributed by atoms with Gasteiger partial charge in [-0.15, -0.1) is 0 Å². The van der Waals surface area contributed by atoms with Gasteiger partial charge >= 0.3 is 6.03 Å². The maximum Gasteiger partial charge on any atom is 0.312 e. The molecule has 1 atom stereocenters. The second-order valence-electron chi connectivity index (χ2n) is 1.59. The van der Waals surface area contributed by atoms with Crippen LogP contribution in [0.5, 0.6) is 0 Å². The molecular weight excluding hydrogens is 92.1 g/mol. The SMILES string of the molecule is NC(=O)NC1[CH]C1. The van der Waals surface area contributed by atoms with Gasteiger partial charge < -0.3 is 11.1 Å². The normalized spacial score (nSPS) is 18.9. The van der Waals surface area contributed by atoms with Crippen molar-refractivity contribution >= 4 is 6.03 Å². The lowest BCUT2D eigenvalue weighted by Gasteiger charge is -1.91. The molecule has 1 unspecified atom stereocenters. The minimum absolute atomic E-state index is 0.275. The van der Waals surface area contributed by atoms with Gasteiger partial charge in [0.15, 0.2) is 0 Å². The lowest BCUT2D eigenvalue weighted by molar-refractivity contribution is 0.249. The van der Waals surface area contributed by atoms with Crippen LogP contribution in [0.4, 0.5) is 4.79 Å². The topological polar surface area (TPSA) is 55.1 Å². The fourth-order valence-electron chi connectivity index (χ4n) is 0.369. The summed E-state index contributed by atoms with van der Waals surface area (Å²) in [5.74, 6) is 0. The molecule has 0 bridgehead atoms. The highest BCUT2D eigenvalue weighted by Gasteiger charge is 2.22. The van der Waals surface area contributed by atoms with E-state index in [1.54, 1.807) is 0 Å². The first-order valence-corrected chi connectivity index (χ1v) is 2.18. The standard InChI is InChI=1S/C4H7N2O/c5-4(7)6-3-1-2-3/h1,3H,2H2,(H3,5,6,7). The molecule has 0 aromatic heterocycles. The number of hydrogen-bond acceptors (Lipinski definition) is 1. The molecule has 0 heterocycles. The summed E-state index contributed by atoms with van der Waals surface area (Å²) in [6.07, 6.45) is 2.95. The van der Waals surface area contributed by atoms with Gasteiger partial charge in [-0.1, -0.05) is 0 Å². The number of rotatable bonds is 1. The number of carbonyl (C=O) groups is 1. The number of nitrogens with one attached hydrogen (secondary N) is 1. The Labute approximate surface area is 41.9 Å². The van der Waals surface area contributed by atoms with E-state index in [0.29, 0.717) is 0 Å². The van der Waals surface area contributed by atoms with Crippen molar-refractivity contribution in [3.63, 3.8) is 0 Å². The lowest BCUT2D eigenvalue weighted by atomic mass is 10.7. The van der Waals surface area contributed by atoms with E-state index in [9.17, 15) is 4.79 Å². The van der Waals surface area contributed by atoms with Crippen molar-refractivity contribution in [2.75, 3.05) is 0 Å². The molecule has 3 N–H and O–H groups in total. The van der Waals surface area contributed by atoms with Crippen molar-refractivity contribution in [1.82, 2.24) is 5.32 Å². The Hall–Kier alpha value is -0.730. The second kappa shape index (κ2) is 1.40. The average Bonchev–Trinajstić information content (AvgIpc) is 2.17. The monoisotopic (exact) mass is 99.1 g/mol. The predicted octanol–water partition coefficient (Wildman–Crippen LogP) is -0.369. The molecule has 1 fully saturated rings. The van der Waals surface area contributed by atoms with E-state index in [2.05, 4.69) is 5.32 Å². The van der Waals surface area contributed by atoms with Crippen molar-refractivity contribution in [1.29, 1.82) is 0 Å². The molecule has 1 aliphatic rings. The Morgan fingerprint density at radius 1 is 2.00 bits per heavy atom. The third kappa shape index (κ3) is 1.43. The van der Waals surface area contributed by atoms with Crippen LogP contribution in [0.25, 0.3) is 0 Å². The highest BCUT2D eigenvalue weighted by molar-refractivity contribution is 5.72. The van der Waals surface area contributed by atoms with Crippen LogP contribution in [0, 0.1) is 6.42 Å². The number of hydrogen-bond donors (Lipinski definition) is 2. The highest BCUT2D eigenvalue weighted by Crippen LogP contribution is 2.15. The average molecular weight is 99.1 g/mol. The molecular formula is C4H7N2O. The van der Waals surface area contributed by atoms with Gasteiger partial charge in [0.25, 0.3) is 0 Å². The minimum atomic E-state index is -0.432. The largest absolute Gasteiger partial charge is 0.352 e. The van der Waals surface area contributed by atoms with Gasteiger partial charge in [-0.3, -0.25) is 0 Å². The Morgan fingerprint density at radius 2 is 2.57 bits per heavy atom. The minimum Gasteiger partial charge on any atom is -0.352 e. The van der Waals surface area contributed by atoms with Gasteiger partial charge in [-0.25, -0.2) is 4.79 Å². The van der Waals surface area contributed by atoms with Gasteiger partial charge in [0.2, 0.25) is 0 Å². The molecule has 7 heavy (non-hydrogen) atoms. The zero-order chi connectivity index (χ0) is 5.28. The van der Waals surface area contributed by atoms with E-state index in [4.69, 9.17) is 5.73 Å². The third-order valence-electron chi connectivity index (χ3n) is 0.799. The fraction of sp³-hybridized carbons (Fsp3) is 0.500. The van der Waals surface area contributed by atoms with Crippen LogP contribution in [-0.2, 0) is 0 Å². The summed E-state index contributed by atoms with van der Waals surface area (Å²) in [7, 11) is 0. The zero-order valence-corrected chi connectivity index (χ0v) is 3.85. The summed E-state index contributed by atoms with van der Waals surface area (Å²) in [5.41, 5.74) is 4.76. The molecule has 39 valence electrons. The summed E-state index contributed by atoms with van der Waals surface area (Å²) in [6.45, 7) is 0. The summed E-state index contributed by atoms with van der Waals surface area (Å²) < 4.78 is 0. The zero-order valence-electron chi connectivity index (χ0n) is 3.85. The number of amides is 2. The smallest absolute Gasteiger partial charge is 0.312 e. The van der Waals surface area contributed by atoms with E-state index in [1.807, 2.05) is 6.42 Å². The van der Waals surface area contributed by atoms with Crippen LogP contribution in [0.1, 0.15) is 6.42 Å². The van der Waals surface area contributed by atoms with E-state index >= 15 is 0 Å². The van der Waals surface area contributed by atoms with Crippen LogP contribution in [0.15, 0.2) is 0 Å². The summed E-state index contributed by atoms with van der Waals surface area (Å²) in [4.78, 5) is 9.94. The van der Waals surface area contributed by atoms with Gasteiger partial charge in [0, 0.05) is 6.04 Å². The highest BCUT2D eigenvalue weighted by atomic mass is 16.2. The second-order valence-corrected chi connectivity index (χ2v) is 1.59. The lowest BCUT2D eigenvalue weighted by Crippen LogP contribution is -2.30. The quantitative estimate of drug-likeness (QED) is 0.463. The molecule has 3 nitrogen and oxygen atoms in total. The predicted molar refractivity (Wildman–Crippen MR) is 25.4 cm³/mol. The first-order valence-electron chi connectivity index (χ1n) is 2.18. The molecule has 0 saturated heterocycles. The maximum atomic E-state index is 9.94. The fourth-order valence-corrected chi connectivity index (χ4v) is 0.369. The Balaban J connectivity index is 2.08. The van der Waals surface area contributed by atoms with Crippen LogP contribution in [0.3, 0.4) is 0 Å². The van der Waals surface area contributed by atoms with E-state index in [1.165, 1.54) is 0 Å². The molecule has 0 aliphatic heterocycles. The number of urea groups is 1. The van der Waals surface area contributed by atoms with Crippen LogP contribution in [0.2, 0.25) is 0 Å². The van der Waals surface area contributed by atoms with E-state index in [-0.39, 0.29) is 6.04 Å². The summed E-state index contributed by atoms with van der Waals surface area (Å²) in [6, 6.07) is -0.156.